The fourth-order valence-corrected chi connectivity index (χ4v) is 3.50. The minimum absolute atomic E-state index is 0.0892. The Hall–Kier alpha value is -3.67. The van der Waals surface area contributed by atoms with Gasteiger partial charge in [-0.15, -0.1) is 0 Å². The maximum absolute atomic E-state index is 12.8. The number of carbonyl (C=O) groups is 1. The van der Waals surface area contributed by atoms with Crippen LogP contribution in [0.4, 0.5) is 0 Å². The van der Waals surface area contributed by atoms with Gasteiger partial charge >= 0.3 is 0 Å². The first-order chi connectivity index (χ1) is 14.7. The Bertz CT molecular complexity index is 1080. The molecule has 0 fully saturated rings. The molecule has 1 amide bonds. The van der Waals surface area contributed by atoms with E-state index >= 15 is 0 Å². The number of amides is 1. The van der Waals surface area contributed by atoms with Crippen molar-refractivity contribution in [1.29, 1.82) is 0 Å². The zero-order valence-corrected chi connectivity index (χ0v) is 17.0. The van der Waals surface area contributed by atoms with Crippen molar-refractivity contribution in [2.45, 2.75) is 33.0 Å². The van der Waals surface area contributed by atoms with Gasteiger partial charge in [-0.2, -0.15) is 5.10 Å². The SMILES string of the molecule is CCc1c(C(=O)NCc2ccc(Cn3ccnc3)cc2)cnn1Cc1ccccc1. The van der Waals surface area contributed by atoms with Gasteiger partial charge in [0, 0.05) is 25.5 Å². The molecule has 2 aromatic carbocycles. The number of aromatic nitrogens is 4. The third kappa shape index (κ3) is 4.66. The second-order valence-corrected chi connectivity index (χ2v) is 7.24. The van der Waals surface area contributed by atoms with Crippen LogP contribution in [0.5, 0.6) is 0 Å². The lowest BCUT2D eigenvalue weighted by Crippen LogP contribution is -2.24. The first kappa shape index (κ1) is 19.6. The Morgan fingerprint density at radius 2 is 1.70 bits per heavy atom. The topological polar surface area (TPSA) is 64.7 Å². The Labute approximate surface area is 176 Å². The highest BCUT2D eigenvalue weighted by Gasteiger charge is 2.16. The van der Waals surface area contributed by atoms with Crippen LogP contribution in [0, 0.1) is 0 Å². The monoisotopic (exact) mass is 399 g/mol. The van der Waals surface area contributed by atoms with Crippen LogP contribution in [0.3, 0.4) is 0 Å². The van der Waals surface area contributed by atoms with Gasteiger partial charge in [0.05, 0.1) is 30.3 Å². The molecule has 152 valence electrons. The van der Waals surface area contributed by atoms with Crippen molar-refractivity contribution >= 4 is 5.91 Å². The van der Waals surface area contributed by atoms with Crippen LogP contribution in [-0.2, 0) is 26.1 Å². The molecule has 2 heterocycles. The molecule has 0 spiro atoms. The maximum atomic E-state index is 12.8. The fraction of sp³-hybridized carbons (Fsp3) is 0.208. The zero-order valence-electron chi connectivity index (χ0n) is 17.0. The second kappa shape index (κ2) is 9.22. The Kier molecular flexibility index (Phi) is 6.03. The van der Waals surface area contributed by atoms with Crippen molar-refractivity contribution in [1.82, 2.24) is 24.6 Å². The smallest absolute Gasteiger partial charge is 0.255 e. The molecule has 30 heavy (non-hydrogen) atoms. The lowest BCUT2D eigenvalue weighted by Gasteiger charge is -2.09. The second-order valence-electron chi connectivity index (χ2n) is 7.24. The molecule has 0 saturated heterocycles. The largest absolute Gasteiger partial charge is 0.348 e. The first-order valence-corrected chi connectivity index (χ1v) is 10.1. The number of nitrogens with zero attached hydrogens (tertiary/aromatic N) is 4. The minimum Gasteiger partial charge on any atom is -0.348 e. The molecule has 1 N–H and O–H groups in total. The number of carbonyl (C=O) groups excluding carboxylic acids is 1. The van der Waals surface area contributed by atoms with Crippen molar-refractivity contribution in [3.63, 3.8) is 0 Å². The molecular weight excluding hydrogens is 374 g/mol. The van der Waals surface area contributed by atoms with Gasteiger partial charge in [-0.25, -0.2) is 4.98 Å². The van der Waals surface area contributed by atoms with Crippen LogP contribution < -0.4 is 5.32 Å². The van der Waals surface area contributed by atoms with E-state index in [1.807, 2.05) is 52.7 Å². The van der Waals surface area contributed by atoms with E-state index in [9.17, 15) is 4.79 Å². The molecule has 0 unspecified atom stereocenters. The van der Waals surface area contributed by atoms with Gasteiger partial charge in [-0.3, -0.25) is 9.48 Å². The summed E-state index contributed by atoms with van der Waals surface area (Å²) in [7, 11) is 0. The van der Waals surface area contributed by atoms with Crippen molar-refractivity contribution < 1.29 is 4.79 Å². The fourth-order valence-electron chi connectivity index (χ4n) is 3.50. The number of hydrogen-bond donors (Lipinski definition) is 1. The average Bonchev–Trinajstić information content (AvgIpc) is 3.43. The van der Waals surface area contributed by atoms with Gasteiger partial charge in [-0.1, -0.05) is 61.5 Å². The van der Waals surface area contributed by atoms with E-state index in [0.29, 0.717) is 18.7 Å². The van der Waals surface area contributed by atoms with Crippen LogP contribution in [0.1, 0.15) is 39.7 Å². The van der Waals surface area contributed by atoms with Crippen LogP contribution in [0.2, 0.25) is 0 Å². The molecule has 4 rings (SSSR count). The number of nitrogens with one attached hydrogen (secondary N) is 1. The van der Waals surface area contributed by atoms with Crippen LogP contribution >= 0.6 is 0 Å². The predicted molar refractivity (Wildman–Crippen MR) is 116 cm³/mol. The van der Waals surface area contributed by atoms with Crippen molar-refractivity contribution in [2.75, 3.05) is 0 Å². The maximum Gasteiger partial charge on any atom is 0.255 e. The molecule has 0 radical (unpaired) electrons. The number of imidazole rings is 1. The van der Waals surface area contributed by atoms with Crippen molar-refractivity contribution in [2.24, 2.45) is 0 Å². The predicted octanol–water partition coefficient (Wildman–Crippen LogP) is 3.67. The summed E-state index contributed by atoms with van der Waals surface area (Å²) in [4.78, 5) is 16.8. The summed E-state index contributed by atoms with van der Waals surface area (Å²) in [5, 5.41) is 7.48. The Balaban J connectivity index is 1.38. The minimum atomic E-state index is -0.0892. The number of hydrogen-bond acceptors (Lipinski definition) is 3. The van der Waals surface area contributed by atoms with Gasteiger partial charge in [0.25, 0.3) is 5.91 Å². The number of rotatable bonds is 8. The average molecular weight is 399 g/mol. The molecule has 2 aromatic heterocycles. The van der Waals surface area contributed by atoms with Gasteiger partial charge in [-0.05, 0) is 23.1 Å². The van der Waals surface area contributed by atoms with E-state index in [-0.39, 0.29) is 5.91 Å². The molecular formula is C24H25N5O. The normalized spacial score (nSPS) is 10.8. The van der Waals surface area contributed by atoms with Crippen LogP contribution in [0.25, 0.3) is 0 Å². The van der Waals surface area contributed by atoms with E-state index in [4.69, 9.17) is 0 Å². The lowest BCUT2D eigenvalue weighted by molar-refractivity contribution is 0.0950. The molecule has 0 aliphatic heterocycles. The standard InChI is InChI=1S/C24H25N5O/c1-2-23-22(15-27-29(23)17-20-6-4-3-5-7-20)24(30)26-14-19-8-10-21(11-9-19)16-28-13-12-25-18-28/h3-13,15,18H,2,14,16-17H2,1H3,(H,26,30). The molecule has 0 aliphatic rings. The number of benzene rings is 2. The highest BCUT2D eigenvalue weighted by atomic mass is 16.1. The third-order valence-corrected chi connectivity index (χ3v) is 5.10. The van der Waals surface area contributed by atoms with E-state index < -0.39 is 0 Å². The Morgan fingerprint density at radius 1 is 0.967 bits per heavy atom. The summed E-state index contributed by atoms with van der Waals surface area (Å²) in [6.45, 7) is 3.98. The quantitative estimate of drug-likeness (QED) is 0.492. The van der Waals surface area contributed by atoms with Crippen LogP contribution in [-0.4, -0.2) is 25.2 Å². The van der Waals surface area contributed by atoms with Gasteiger partial charge in [0.2, 0.25) is 0 Å². The van der Waals surface area contributed by atoms with E-state index in [2.05, 4.69) is 39.7 Å². The molecule has 0 saturated carbocycles. The first-order valence-electron chi connectivity index (χ1n) is 10.1. The highest BCUT2D eigenvalue weighted by molar-refractivity contribution is 5.95. The summed E-state index contributed by atoms with van der Waals surface area (Å²) >= 11 is 0. The summed E-state index contributed by atoms with van der Waals surface area (Å²) in [5.74, 6) is -0.0892. The molecule has 0 atom stereocenters. The highest BCUT2D eigenvalue weighted by Crippen LogP contribution is 2.13. The van der Waals surface area contributed by atoms with E-state index in [1.165, 1.54) is 5.56 Å². The molecule has 6 nitrogen and oxygen atoms in total. The summed E-state index contributed by atoms with van der Waals surface area (Å²) in [6.07, 6.45) is 7.94. The molecule has 6 heteroatoms. The molecule has 4 aromatic rings. The van der Waals surface area contributed by atoms with Gasteiger partial charge < -0.3 is 9.88 Å². The van der Waals surface area contributed by atoms with Crippen LogP contribution in [0.15, 0.2) is 79.5 Å². The lowest BCUT2D eigenvalue weighted by atomic mass is 10.1. The van der Waals surface area contributed by atoms with Gasteiger partial charge in [0.1, 0.15) is 0 Å². The summed E-state index contributed by atoms with van der Waals surface area (Å²) < 4.78 is 3.94. The Morgan fingerprint density at radius 3 is 2.40 bits per heavy atom. The van der Waals surface area contributed by atoms with E-state index in [0.717, 1.165) is 29.8 Å². The van der Waals surface area contributed by atoms with E-state index in [1.54, 1.807) is 18.7 Å². The summed E-state index contributed by atoms with van der Waals surface area (Å²) in [5.41, 5.74) is 5.02. The van der Waals surface area contributed by atoms with Gasteiger partial charge in [0.15, 0.2) is 0 Å². The third-order valence-electron chi connectivity index (χ3n) is 5.10. The molecule has 0 aliphatic carbocycles. The summed E-state index contributed by atoms with van der Waals surface area (Å²) in [6, 6.07) is 18.4. The van der Waals surface area contributed by atoms with Crippen molar-refractivity contribution in [3.8, 4) is 0 Å². The van der Waals surface area contributed by atoms with Crippen molar-refractivity contribution in [3.05, 3.63) is 107 Å². The molecule has 0 bridgehead atoms. The zero-order chi connectivity index (χ0) is 20.8.